The fraction of sp³-hybridized carbons (Fsp3) is 0.524. The molecule has 0 N–H and O–H groups in total. The quantitative estimate of drug-likeness (QED) is 0.563. The zero-order chi connectivity index (χ0) is 22.8. The lowest BCUT2D eigenvalue weighted by molar-refractivity contribution is -0.141. The lowest BCUT2D eigenvalue weighted by Crippen LogP contribution is -2.41. The topological polar surface area (TPSA) is 108 Å². The number of ether oxygens (including phenoxy) is 3. The second-order valence-corrected chi connectivity index (χ2v) is 9.01. The summed E-state index contributed by atoms with van der Waals surface area (Å²) in [6.07, 6.45) is 0.327. The predicted octanol–water partition coefficient (Wildman–Crippen LogP) is 2.94. The Morgan fingerprint density at radius 1 is 1.19 bits per heavy atom. The van der Waals surface area contributed by atoms with Crippen molar-refractivity contribution < 1.29 is 31.9 Å². The number of rotatable bonds is 8. The van der Waals surface area contributed by atoms with Crippen LogP contribution in [0.15, 0.2) is 21.6 Å². The van der Waals surface area contributed by atoms with Crippen LogP contribution in [0.25, 0.3) is 0 Å². The van der Waals surface area contributed by atoms with Gasteiger partial charge in [0, 0.05) is 6.54 Å². The molecule has 0 fully saturated rings. The summed E-state index contributed by atoms with van der Waals surface area (Å²) in [6.45, 7) is 7.96. The van der Waals surface area contributed by atoms with Crippen molar-refractivity contribution in [3.05, 3.63) is 34.7 Å². The van der Waals surface area contributed by atoms with Crippen molar-refractivity contribution >= 4 is 16.0 Å². The number of hydrogen-bond acceptors (Lipinski definition) is 8. The fourth-order valence-electron chi connectivity index (χ4n) is 3.92. The van der Waals surface area contributed by atoms with Crippen LogP contribution in [0.3, 0.4) is 0 Å². The molecule has 1 aliphatic rings. The third-order valence-electron chi connectivity index (χ3n) is 5.24. The van der Waals surface area contributed by atoms with Crippen molar-refractivity contribution in [2.45, 2.75) is 51.5 Å². The second kappa shape index (κ2) is 9.27. The lowest BCUT2D eigenvalue weighted by atomic mass is 9.91. The van der Waals surface area contributed by atoms with E-state index in [4.69, 9.17) is 18.7 Å². The number of aromatic nitrogens is 1. The Labute approximate surface area is 182 Å². The monoisotopic (exact) mass is 452 g/mol. The van der Waals surface area contributed by atoms with E-state index in [1.165, 1.54) is 11.4 Å². The minimum Gasteiger partial charge on any atom is -0.490 e. The molecule has 0 unspecified atom stereocenters. The smallest absolute Gasteiger partial charge is 0.307 e. The summed E-state index contributed by atoms with van der Waals surface area (Å²) < 4.78 is 49.9. The summed E-state index contributed by atoms with van der Waals surface area (Å²) in [5, 5.41) is 3.79. The Bertz CT molecular complexity index is 1040. The van der Waals surface area contributed by atoms with Gasteiger partial charge in [0.1, 0.15) is 10.6 Å². The number of sulfonamides is 1. The van der Waals surface area contributed by atoms with Crippen LogP contribution in [-0.2, 0) is 26.0 Å². The maximum atomic E-state index is 13.6. The standard InChI is InChI=1S/C21H28N2O7S/c1-6-28-18-10-15-8-9-23(31(25,26)21-13(3)22-30-14(21)4)17(12-20(24)27-5)16(15)11-19(18)29-7-2/h10-11,17H,6-9,12H2,1-5H3/t17-/m1/s1. The summed E-state index contributed by atoms with van der Waals surface area (Å²) in [4.78, 5) is 12.3. The number of esters is 1. The van der Waals surface area contributed by atoms with E-state index in [0.29, 0.717) is 36.7 Å². The zero-order valence-corrected chi connectivity index (χ0v) is 19.2. The number of benzene rings is 1. The minimum absolute atomic E-state index is 0.0294. The average molecular weight is 453 g/mol. The molecule has 1 aromatic heterocycles. The number of nitrogens with zero attached hydrogens (tertiary/aromatic N) is 2. The molecule has 10 heteroatoms. The Morgan fingerprint density at radius 2 is 1.84 bits per heavy atom. The van der Waals surface area contributed by atoms with Crippen LogP contribution in [0.5, 0.6) is 11.5 Å². The molecule has 1 aromatic carbocycles. The van der Waals surface area contributed by atoms with Gasteiger partial charge in [0.15, 0.2) is 17.3 Å². The lowest BCUT2D eigenvalue weighted by Gasteiger charge is -2.36. The Kier molecular flexibility index (Phi) is 6.90. The summed E-state index contributed by atoms with van der Waals surface area (Å²) in [5.41, 5.74) is 1.88. The highest BCUT2D eigenvalue weighted by Crippen LogP contribution is 2.42. The second-order valence-electron chi connectivity index (χ2n) is 7.18. The average Bonchev–Trinajstić information content (AvgIpc) is 3.07. The van der Waals surface area contributed by atoms with E-state index in [0.717, 1.165) is 5.56 Å². The molecule has 2 heterocycles. The third kappa shape index (κ3) is 4.40. The van der Waals surface area contributed by atoms with Crippen LogP contribution in [0.2, 0.25) is 0 Å². The third-order valence-corrected chi connectivity index (χ3v) is 7.39. The Hall–Kier alpha value is -2.59. The maximum Gasteiger partial charge on any atom is 0.307 e. The predicted molar refractivity (Wildman–Crippen MR) is 112 cm³/mol. The first-order chi connectivity index (χ1) is 14.7. The van der Waals surface area contributed by atoms with Gasteiger partial charge in [0.05, 0.1) is 32.8 Å². The van der Waals surface area contributed by atoms with Gasteiger partial charge in [-0.2, -0.15) is 4.31 Å². The SMILES string of the molecule is CCOc1cc2c(cc1OCC)[C@@H](CC(=O)OC)N(S(=O)(=O)c1c(C)noc1C)CC2. The molecule has 3 rings (SSSR count). The first-order valence-corrected chi connectivity index (χ1v) is 11.6. The number of carbonyl (C=O) groups is 1. The van der Waals surface area contributed by atoms with E-state index in [2.05, 4.69) is 5.16 Å². The van der Waals surface area contributed by atoms with Crippen molar-refractivity contribution in [1.82, 2.24) is 9.46 Å². The van der Waals surface area contributed by atoms with Crippen molar-refractivity contribution in [1.29, 1.82) is 0 Å². The van der Waals surface area contributed by atoms with E-state index >= 15 is 0 Å². The molecule has 1 atom stereocenters. The van der Waals surface area contributed by atoms with Crippen molar-refractivity contribution in [2.24, 2.45) is 0 Å². The number of hydrogen-bond donors (Lipinski definition) is 0. The summed E-state index contributed by atoms with van der Waals surface area (Å²) in [6, 6.07) is 2.88. The van der Waals surface area contributed by atoms with E-state index < -0.39 is 22.0 Å². The highest BCUT2D eigenvalue weighted by molar-refractivity contribution is 7.89. The van der Waals surface area contributed by atoms with Gasteiger partial charge in [-0.05, 0) is 57.4 Å². The van der Waals surface area contributed by atoms with Gasteiger partial charge < -0.3 is 18.7 Å². The number of fused-ring (bicyclic) bond motifs is 1. The number of aryl methyl sites for hydroxylation is 2. The van der Waals surface area contributed by atoms with Crippen LogP contribution in [-0.4, -0.2) is 50.7 Å². The van der Waals surface area contributed by atoms with E-state index in [-0.39, 0.29) is 29.3 Å². The van der Waals surface area contributed by atoms with Crippen molar-refractivity contribution in [3.8, 4) is 11.5 Å². The molecule has 0 aliphatic carbocycles. The van der Waals surface area contributed by atoms with Gasteiger partial charge in [-0.3, -0.25) is 4.79 Å². The highest BCUT2D eigenvalue weighted by Gasteiger charge is 2.41. The molecular formula is C21H28N2O7S. The molecule has 0 saturated carbocycles. The molecule has 2 aromatic rings. The zero-order valence-electron chi connectivity index (χ0n) is 18.4. The highest BCUT2D eigenvalue weighted by atomic mass is 32.2. The van der Waals surface area contributed by atoms with Gasteiger partial charge in [-0.1, -0.05) is 5.16 Å². The molecule has 0 radical (unpaired) electrons. The molecule has 170 valence electrons. The molecular weight excluding hydrogens is 424 g/mol. The van der Waals surface area contributed by atoms with Crippen molar-refractivity contribution in [3.63, 3.8) is 0 Å². The normalized spacial score (nSPS) is 16.6. The molecule has 9 nitrogen and oxygen atoms in total. The van der Waals surface area contributed by atoms with Gasteiger partial charge in [-0.25, -0.2) is 8.42 Å². The van der Waals surface area contributed by atoms with Crippen molar-refractivity contribution in [2.75, 3.05) is 26.9 Å². The van der Waals surface area contributed by atoms with Gasteiger partial charge in [0.2, 0.25) is 10.0 Å². The molecule has 0 spiro atoms. The van der Waals surface area contributed by atoms with E-state index in [1.807, 2.05) is 19.9 Å². The Morgan fingerprint density at radius 3 is 2.39 bits per heavy atom. The number of carbonyl (C=O) groups excluding carboxylic acids is 1. The van der Waals surface area contributed by atoms with Crippen LogP contribution in [0, 0.1) is 13.8 Å². The van der Waals surface area contributed by atoms with Gasteiger partial charge >= 0.3 is 5.97 Å². The fourth-order valence-corrected chi connectivity index (χ4v) is 5.82. The van der Waals surface area contributed by atoms with Gasteiger partial charge in [0.25, 0.3) is 0 Å². The van der Waals surface area contributed by atoms with Crippen LogP contribution in [0.4, 0.5) is 0 Å². The molecule has 0 saturated heterocycles. The summed E-state index contributed by atoms with van der Waals surface area (Å²) >= 11 is 0. The first-order valence-electron chi connectivity index (χ1n) is 10.2. The van der Waals surface area contributed by atoms with Crippen LogP contribution in [0.1, 0.15) is 48.9 Å². The molecule has 31 heavy (non-hydrogen) atoms. The van der Waals surface area contributed by atoms with Crippen LogP contribution < -0.4 is 9.47 Å². The summed E-state index contributed by atoms with van der Waals surface area (Å²) in [7, 11) is -2.69. The van der Waals surface area contributed by atoms with E-state index in [1.54, 1.807) is 19.9 Å². The minimum atomic E-state index is -3.97. The summed E-state index contributed by atoms with van der Waals surface area (Å²) in [5.74, 6) is 0.807. The maximum absolute atomic E-state index is 13.6. The molecule has 1 aliphatic heterocycles. The Balaban J connectivity index is 2.14. The number of methoxy groups -OCH3 is 1. The molecule has 0 bridgehead atoms. The first kappa shape index (κ1) is 23.1. The van der Waals surface area contributed by atoms with E-state index in [9.17, 15) is 13.2 Å². The largest absolute Gasteiger partial charge is 0.490 e. The molecule has 0 amide bonds. The van der Waals surface area contributed by atoms with Crippen LogP contribution >= 0.6 is 0 Å². The van der Waals surface area contributed by atoms with Gasteiger partial charge in [-0.15, -0.1) is 0 Å².